The second-order valence-corrected chi connectivity index (χ2v) is 8.43. The predicted molar refractivity (Wildman–Crippen MR) is 110 cm³/mol. The maximum atomic E-state index is 13.2. The molecule has 144 valence electrons. The number of amides is 2. The van der Waals surface area contributed by atoms with Gasteiger partial charge in [0.15, 0.2) is 0 Å². The van der Waals surface area contributed by atoms with Gasteiger partial charge < -0.3 is 9.80 Å². The number of thiophene rings is 1. The van der Waals surface area contributed by atoms with Crippen molar-refractivity contribution in [2.24, 2.45) is 0 Å². The number of benzene rings is 1. The minimum Gasteiger partial charge on any atom is -0.331 e. The molecule has 27 heavy (non-hydrogen) atoms. The van der Waals surface area contributed by atoms with E-state index in [4.69, 9.17) is 11.6 Å². The van der Waals surface area contributed by atoms with Gasteiger partial charge in [-0.05, 0) is 54.5 Å². The Labute approximate surface area is 169 Å². The van der Waals surface area contributed by atoms with Crippen molar-refractivity contribution in [1.82, 2.24) is 9.80 Å². The summed E-state index contributed by atoms with van der Waals surface area (Å²) in [5.41, 5.74) is 2.23. The van der Waals surface area contributed by atoms with Crippen LogP contribution >= 0.6 is 22.9 Å². The van der Waals surface area contributed by atoms with Gasteiger partial charge in [0.05, 0.1) is 6.04 Å². The lowest BCUT2D eigenvalue weighted by Crippen LogP contribution is -2.48. The molecule has 4 nitrogen and oxygen atoms in total. The summed E-state index contributed by atoms with van der Waals surface area (Å²) in [7, 11) is 0. The van der Waals surface area contributed by atoms with E-state index in [9.17, 15) is 9.59 Å². The van der Waals surface area contributed by atoms with Gasteiger partial charge in [-0.15, -0.1) is 11.3 Å². The molecule has 0 fully saturated rings. The van der Waals surface area contributed by atoms with E-state index in [1.807, 2.05) is 43.0 Å². The number of nitrogens with zero attached hydrogens (tertiary/aromatic N) is 2. The average molecular weight is 405 g/mol. The summed E-state index contributed by atoms with van der Waals surface area (Å²) in [6.45, 7) is 6.32. The Kier molecular flexibility index (Phi) is 6.22. The molecular weight excluding hydrogens is 380 g/mol. The van der Waals surface area contributed by atoms with Crippen LogP contribution in [0.2, 0.25) is 5.02 Å². The van der Waals surface area contributed by atoms with E-state index in [0.717, 1.165) is 18.4 Å². The second kappa shape index (κ2) is 8.44. The Morgan fingerprint density at radius 1 is 1.30 bits per heavy atom. The molecule has 0 aliphatic carbocycles. The zero-order valence-corrected chi connectivity index (χ0v) is 17.5. The lowest BCUT2D eigenvalue weighted by atomic mass is 9.93. The van der Waals surface area contributed by atoms with Crippen LogP contribution in [-0.4, -0.2) is 40.7 Å². The molecule has 2 unspecified atom stereocenters. The first-order chi connectivity index (χ1) is 12.9. The number of fused-ring (bicyclic) bond motifs is 1. The molecule has 0 N–H and O–H groups in total. The minimum absolute atomic E-state index is 0.0118. The summed E-state index contributed by atoms with van der Waals surface area (Å²) in [5, 5.41) is 2.76. The topological polar surface area (TPSA) is 40.6 Å². The summed E-state index contributed by atoms with van der Waals surface area (Å²) in [6, 6.07) is 9.71. The molecule has 1 aromatic carbocycles. The molecule has 0 radical (unpaired) electrons. The lowest BCUT2D eigenvalue weighted by molar-refractivity contribution is -0.142. The van der Waals surface area contributed by atoms with Crippen LogP contribution in [0, 0.1) is 0 Å². The summed E-state index contributed by atoms with van der Waals surface area (Å²) >= 11 is 7.80. The predicted octanol–water partition coefficient (Wildman–Crippen LogP) is 4.52. The molecular formula is C21H25ClN2O2S. The number of halogens is 1. The molecule has 0 saturated heterocycles. The third-order valence-electron chi connectivity index (χ3n) is 5.30. The van der Waals surface area contributed by atoms with Gasteiger partial charge >= 0.3 is 0 Å². The van der Waals surface area contributed by atoms with Gasteiger partial charge in [-0.2, -0.15) is 0 Å². The fraction of sp³-hybridized carbons (Fsp3) is 0.429. The van der Waals surface area contributed by atoms with Crippen molar-refractivity contribution in [1.29, 1.82) is 0 Å². The largest absolute Gasteiger partial charge is 0.331 e. The fourth-order valence-corrected chi connectivity index (χ4v) is 4.65. The van der Waals surface area contributed by atoms with Crippen molar-refractivity contribution in [3.05, 3.63) is 56.7 Å². The number of rotatable bonds is 5. The molecule has 0 bridgehead atoms. The minimum atomic E-state index is -0.129. The molecule has 2 amide bonds. The van der Waals surface area contributed by atoms with E-state index in [2.05, 4.69) is 11.4 Å². The van der Waals surface area contributed by atoms with Crippen LogP contribution in [-0.2, 0) is 16.0 Å². The van der Waals surface area contributed by atoms with Crippen molar-refractivity contribution < 1.29 is 9.59 Å². The Morgan fingerprint density at radius 3 is 2.63 bits per heavy atom. The molecule has 2 aromatic rings. The summed E-state index contributed by atoms with van der Waals surface area (Å²) in [4.78, 5) is 30.2. The standard InChI is InChI=1S/C21H25ClN2O2S/c1-4-14(2)24(15(3)25)13-20(26)23-11-9-19-18(10-12-27-19)21(23)16-5-7-17(22)8-6-16/h5-8,10,12,14,21H,4,9,11,13H2,1-3H3. The lowest BCUT2D eigenvalue weighted by Gasteiger charge is -2.38. The van der Waals surface area contributed by atoms with Gasteiger partial charge in [-0.1, -0.05) is 30.7 Å². The SMILES string of the molecule is CCC(C)N(CC(=O)N1CCc2sccc2C1c1ccc(Cl)cc1)C(C)=O. The average Bonchev–Trinajstić information content (AvgIpc) is 3.13. The highest BCUT2D eigenvalue weighted by Gasteiger charge is 2.34. The zero-order valence-electron chi connectivity index (χ0n) is 15.9. The van der Waals surface area contributed by atoms with Crippen molar-refractivity contribution in [2.45, 2.75) is 45.7 Å². The highest BCUT2D eigenvalue weighted by molar-refractivity contribution is 7.10. The Balaban J connectivity index is 1.91. The maximum absolute atomic E-state index is 13.2. The fourth-order valence-electron chi connectivity index (χ4n) is 3.62. The maximum Gasteiger partial charge on any atom is 0.243 e. The van der Waals surface area contributed by atoms with Crippen molar-refractivity contribution in [2.75, 3.05) is 13.1 Å². The van der Waals surface area contributed by atoms with Gasteiger partial charge in [0.2, 0.25) is 11.8 Å². The Bertz CT molecular complexity index is 818. The summed E-state index contributed by atoms with van der Waals surface area (Å²) in [6.07, 6.45) is 1.67. The van der Waals surface area contributed by atoms with Gasteiger partial charge in [-0.25, -0.2) is 0 Å². The second-order valence-electron chi connectivity index (χ2n) is 6.99. The first-order valence-corrected chi connectivity index (χ1v) is 10.6. The van der Waals surface area contributed by atoms with Gasteiger partial charge in [0, 0.05) is 29.4 Å². The molecule has 1 aliphatic rings. The molecule has 0 saturated carbocycles. The number of carbonyl (C=O) groups is 2. The molecule has 0 spiro atoms. The van der Waals surface area contributed by atoms with Crippen molar-refractivity contribution in [3.8, 4) is 0 Å². The van der Waals surface area contributed by atoms with Gasteiger partial charge in [0.25, 0.3) is 0 Å². The van der Waals surface area contributed by atoms with Gasteiger partial charge in [0.1, 0.15) is 6.54 Å². The van der Waals surface area contributed by atoms with Crippen LogP contribution in [0.25, 0.3) is 0 Å². The highest BCUT2D eigenvalue weighted by Crippen LogP contribution is 2.38. The Morgan fingerprint density at radius 2 is 2.00 bits per heavy atom. The van der Waals surface area contributed by atoms with E-state index in [-0.39, 0.29) is 30.4 Å². The van der Waals surface area contributed by atoms with Gasteiger partial charge in [-0.3, -0.25) is 9.59 Å². The van der Waals surface area contributed by atoms with E-state index in [1.54, 1.807) is 16.2 Å². The van der Waals surface area contributed by atoms with Crippen LogP contribution in [0.5, 0.6) is 0 Å². The van der Waals surface area contributed by atoms with E-state index in [1.165, 1.54) is 17.4 Å². The van der Waals surface area contributed by atoms with Crippen LogP contribution in [0.4, 0.5) is 0 Å². The van der Waals surface area contributed by atoms with Crippen LogP contribution in [0.3, 0.4) is 0 Å². The Hall–Kier alpha value is -1.85. The smallest absolute Gasteiger partial charge is 0.243 e. The molecule has 3 rings (SSSR count). The van der Waals surface area contributed by atoms with Crippen LogP contribution < -0.4 is 0 Å². The quantitative estimate of drug-likeness (QED) is 0.734. The van der Waals surface area contributed by atoms with Crippen LogP contribution in [0.15, 0.2) is 35.7 Å². The molecule has 1 aromatic heterocycles. The molecule has 6 heteroatoms. The number of hydrogen-bond donors (Lipinski definition) is 0. The van der Waals surface area contributed by atoms with E-state index in [0.29, 0.717) is 11.6 Å². The van der Waals surface area contributed by atoms with Crippen LogP contribution in [0.1, 0.15) is 49.2 Å². The van der Waals surface area contributed by atoms with E-state index < -0.39 is 0 Å². The highest BCUT2D eigenvalue weighted by atomic mass is 35.5. The molecule has 2 heterocycles. The third-order valence-corrected chi connectivity index (χ3v) is 6.55. The zero-order chi connectivity index (χ0) is 19.6. The molecule has 1 aliphatic heterocycles. The number of carbonyl (C=O) groups excluding carboxylic acids is 2. The third kappa shape index (κ3) is 4.19. The number of hydrogen-bond acceptors (Lipinski definition) is 3. The molecule has 2 atom stereocenters. The van der Waals surface area contributed by atoms with Crippen molar-refractivity contribution in [3.63, 3.8) is 0 Å². The monoisotopic (exact) mass is 404 g/mol. The summed E-state index contributed by atoms with van der Waals surface area (Å²) in [5.74, 6) is -0.0729. The van der Waals surface area contributed by atoms with E-state index >= 15 is 0 Å². The van der Waals surface area contributed by atoms with Crippen molar-refractivity contribution >= 4 is 34.8 Å². The first kappa shape index (κ1) is 19.9. The summed E-state index contributed by atoms with van der Waals surface area (Å²) < 4.78 is 0. The normalized spacial score (nSPS) is 17.3. The first-order valence-electron chi connectivity index (χ1n) is 9.30.